The van der Waals surface area contributed by atoms with E-state index in [4.69, 9.17) is 15.6 Å². The Kier molecular flexibility index (Phi) is 4.03. The summed E-state index contributed by atoms with van der Waals surface area (Å²) in [5.74, 6) is 0.788. The van der Waals surface area contributed by atoms with Crippen molar-refractivity contribution in [3.05, 3.63) is 47.3 Å². The van der Waals surface area contributed by atoms with Crippen molar-refractivity contribution in [1.29, 1.82) is 5.26 Å². The molecule has 0 radical (unpaired) electrons. The molecule has 2 heterocycles. The normalized spacial score (nSPS) is 12.2. The number of aromatic amines is 1. The van der Waals surface area contributed by atoms with E-state index in [1.807, 2.05) is 24.3 Å². The molecule has 2 aromatic heterocycles. The van der Waals surface area contributed by atoms with Crippen LogP contribution in [0.15, 0.2) is 30.5 Å². The molecule has 26 heavy (non-hydrogen) atoms. The lowest BCUT2D eigenvalue weighted by molar-refractivity contribution is 0.202. The van der Waals surface area contributed by atoms with Crippen molar-refractivity contribution in [3.8, 4) is 34.2 Å². The average molecular weight is 347 g/mol. The van der Waals surface area contributed by atoms with Crippen LogP contribution >= 0.6 is 0 Å². The number of benzene rings is 1. The molecule has 7 heteroatoms. The number of nitrogens with one attached hydrogen (secondary N) is 1. The Hall–Kier alpha value is -3.37. The average Bonchev–Trinajstić information content (AvgIpc) is 3.15. The minimum atomic E-state index is -0.0889. The molecule has 7 nitrogen and oxygen atoms in total. The van der Waals surface area contributed by atoms with E-state index in [0.29, 0.717) is 11.3 Å². The first kappa shape index (κ1) is 16.1. The Bertz CT molecular complexity index is 1020. The van der Waals surface area contributed by atoms with E-state index >= 15 is 0 Å². The topological polar surface area (TPSA) is 121 Å². The first-order valence-corrected chi connectivity index (χ1v) is 8.32. The molecule has 0 saturated carbocycles. The molecular formula is C19H17N5O2. The van der Waals surface area contributed by atoms with Crippen LogP contribution in [0.3, 0.4) is 0 Å². The number of para-hydroxylation sites is 1. The predicted octanol–water partition coefficient (Wildman–Crippen LogP) is 2.06. The molecular weight excluding hydrogens is 330 g/mol. The summed E-state index contributed by atoms with van der Waals surface area (Å²) in [6.45, 7) is 0.0853. The second kappa shape index (κ2) is 6.50. The zero-order valence-electron chi connectivity index (χ0n) is 14.0. The van der Waals surface area contributed by atoms with E-state index < -0.39 is 0 Å². The van der Waals surface area contributed by atoms with E-state index in [1.165, 1.54) is 0 Å². The van der Waals surface area contributed by atoms with E-state index in [9.17, 15) is 5.26 Å². The number of fused-ring (bicyclic) bond motifs is 3. The molecule has 0 fully saturated rings. The summed E-state index contributed by atoms with van der Waals surface area (Å²) < 4.78 is 5.69. The van der Waals surface area contributed by atoms with Gasteiger partial charge in [0, 0.05) is 22.4 Å². The highest BCUT2D eigenvalue weighted by Gasteiger charge is 2.27. The lowest BCUT2D eigenvalue weighted by atomic mass is 9.85. The van der Waals surface area contributed by atoms with Gasteiger partial charge in [-0.25, -0.2) is 4.98 Å². The number of nitriles is 1. The van der Waals surface area contributed by atoms with Gasteiger partial charge in [0.25, 0.3) is 0 Å². The third-order valence-corrected chi connectivity index (χ3v) is 4.54. The van der Waals surface area contributed by atoms with Gasteiger partial charge in [-0.05, 0) is 24.5 Å². The quantitative estimate of drug-likeness (QED) is 0.664. The lowest BCUT2D eigenvalue weighted by Crippen LogP contribution is -2.11. The number of anilines is 1. The van der Waals surface area contributed by atoms with Gasteiger partial charge in [0.1, 0.15) is 29.8 Å². The van der Waals surface area contributed by atoms with Crippen molar-refractivity contribution < 1.29 is 9.84 Å². The maximum absolute atomic E-state index is 9.72. The maximum atomic E-state index is 9.72. The fraction of sp³-hybridized carbons (Fsp3) is 0.211. The number of H-pyrrole nitrogens is 1. The number of aliphatic hydroxyl groups excluding tert-OH is 1. The van der Waals surface area contributed by atoms with Crippen molar-refractivity contribution in [2.24, 2.45) is 0 Å². The highest BCUT2D eigenvalue weighted by molar-refractivity contribution is 5.88. The largest absolute Gasteiger partial charge is 0.491 e. The van der Waals surface area contributed by atoms with Gasteiger partial charge in [-0.3, -0.25) is 5.10 Å². The van der Waals surface area contributed by atoms with E-state index in [-0.39, 0.29) is 19.0 Å². The molecule has 0 atom stereocenters. The molecule has 4 rings (SSSR count). The molecule has 0 saturated heterocycles. The van der Waals surface area contributed by atoms with Crippen LogP contribution in [0.4, 0.5) is 5.82 Å². The van der Waals surface area contributed by atoms with Gasteiger partial charge >= 0.3 is 0 Å². The Morgan fingerprint density at radius 3 is 2.92 bits per heavy atom. The maximum Gasteiger partial charge on any atom is 0.142 e. The van der Waals surface area contributed by atoms with Crippen LogP contribution in [0.2, 0.25) is 0 Å². The Balaban J connectivity index is 2.00. The van der Waals surface area contributed by atoms with Gasteiger partial charge in [0.05, 0.1) is 18.5 Å². The number of hydrogen-bond donors (Lipinski definition) is 3. The molecule has 0 bridgehead atoms. The second-order valence-corrected chi connectivity index (χ2v) is 6.02. The van der Waals surface area contributed by atoms with Crippen molar-refractivity contribution in [3.63, 3.8) is 0 Å². The first-order chi connectivity index (χ1) is 12.7. The van der Waals surface area contributed by atoms with Gasteiger partial charge in [0.2, 0.25) is 0 Å². The molecule has 0 unspecified atom stereocenters. The van der Waals surface area contributed by atoms with Crippen LogP contribution in [0, 0.1) is 11.3 Å². The van der Waals surface area contributed by atoms with Crippen LogP contribution < -0.4 is 10.5 Å². The summed E-state index contributed by atoms with van der Waals surface area (Å²) in [7, 11) is 0. The van der Waals surface area contributed by atoms with Crippen molar-refractivity contribution in [1.82, 2.24) is 15.2 Å². The van der Waals surface area contributed by atoms with Crippen molar-refractivity contribution in [2.45, 2.75) is 12.8 Å². The van der Waals surface area contributed by atoms with E-state index in [1.54, 1.807) is 6.20 Å². The number of ether oxygens (including phenoxy) is 1. The number of rotatable bonds is 4. The number of pyridine rings is 1. The highest BCUT2D eigenvalue weighted by Crippen LogP contribution is 2.43. The molecule has 4 N–H and O–H groups in total. The third kappa shape index (κ3) is 2.48. The fourth-order valence-corrected chi connectivity index (χ4v) is 3.43. The second-order valence-electron chi connectivity index (χ2n) is 6.02. The summed E-state index contributed by atoms with van der Waals surface area (Å²) in [6, 6.07) is 9.66. The molecule has 0 aliphatic heterocycles. The van der Waals surface area contributed by atoms with Gasteiger partial charge in [-0.1, -0.05) is 18.2 Å². The number of aryl methyl sites for hydroxylation is 1. The minimum Gasteiger partial charge on any atom is -0.491 e. The number of nitrogens with two attached hydrogens (primary N) is 1. The van der Waals surface area contributed by atoms with Crippen LogP contribution in [0.1, 0.15) is 16.8 Å². The Labute approximate surface area is 150 Å². The van der Waals surface area contributed by atoms with Crippen LogP contribution in [-0.2, 0) is 12.8 Å². The monoisotopic (exact) mass is 347 g/mol. The zero-order chi connectivity index (χ0) is 18.1. The van der Waals surface area contributed by atoms with Crippen LogP contribution in [0.5, 0.6) is 5.75 Å². The smallest absolute Gasteiger partial charge is 0.142 e. The van der Waals surface area contributed by atoms with E-state index in [2.05, 4.69) is 21.3 Å². The summed E-state index contributed by atoms with van der Waals surface area (Å²) in [6.07, 6.45) is 3.24. The first-order valence-electron chi connectivity index (χ1n) is 8.32. The Morgan fingerprint density at radius 2 is 2.12 bits per heavy atom. The number of aliphatic hydroxyl groups is 1. The third-order valence-electron chi connectivity index (χ3n) is 4.54. The molecule has 1 aliphatic rings. The van der Waals surface area contributed by atoms with Crippen LogP contribution in [0.25, 0.3) is 22.4 Å². The number of hydrogen-bond acceptors (Lipinski definition) is 6. The molecule has 130 valence electrons. The highest BCUT2D eigenvalue weighted by atomic mass is 16.5. The molecule has 1 aliphatic carbocycles. The predicted molar refractivity (Wildman–Crippen MR) is 96.4 cm³/mol. The summed E-state index contributed by atoms with van der Waals surface area (Å²) in [5.41, 5.74) is 11.6. The summed E-state index contributed by atoms with van der Waals surface area (Å²) in [4.78, 5) is 4.49. The molecule has 0 spiro atoms. The minimum absolute atomic E-state index is 0.0889. The summed E-state index contributed by atoms with van der Waals surface area (Å²) >= 11 is 0. The summed E-state index contributed by atoms with van der Waals surface area (Å²) in [5, 5.41) is 25.9. The molecule has 3 aromatic rings. The molecule has 0 amide bonds. The number of nitrogens with zero attached hydrogens (tertiary/aromatic N) is 3. The fourth-order valence-electron chi connectivity index (χ4n) is 3.43. The SMILES string of the molecule is N#Cc1c(N)nc2c(c1-c1ccccc1OCCO)CCc1[nH]ncc1-2. The molecule has 1 aromatic carbocycles. The van der Waals surface area contributed by atoms with Gasteiger partial charge in [-0.15, -0.1) is 0 Å². The van der Waals surface area contributed by atoms with Gasteiger partial charge in [-0.2, -0.15) is 10.4 Å². The zero-order valence-corrected chi connectivity index (χ0v) is 14.0. The van der Waals surface area contributed by atoms with Crippen molar-refractivity contribution in [2.75, 3.05) is 18.9 Å². The number of aromatic nitrogens is 3. The van der Waals surface area contributed by atoms with Crippen molar-refractivity contribution >= 4 is 5.82 Å². The van der Waals surface area contributed by atoms with E-state index in [0.717, 1.165) is 46.5 Å². The standard InChI is InChI=1S/C19H17N5O2/c20-9-13-17(11-3-1-2-4-16(11)26-8-7-25)12-5-6-15-14(10-22-24-15)18(12)23-19(13)21/h1-4,10,25H,5-8H2,(H2,21,23)(H,22,24). The van der Waals surface area contributed by atoms with Gasteiger partial charge < -0.3 is 15.6 Å². The lowest BCUT2D eigenvalue weighted by Gasteiger charge is -2.22. The van der Waals surface area contributed by atoms with Gasteiger partial charge in [0.15, 0.2) is 0 Å². The Morgan fingerprint density at radius 1 is 1.27 bits per heavy atom. The number of nitrogen functional groups attached to an aromatic ring is 1. The van der Waals surface area contributed by atoms with Crippen LogP contribution in [-0.4, -0.2) is 33.5 Å².